The molecule has 20 heavy (non-hydrogen) atoms. The maximum atomic E-state index is 9.56. The highest BCUT2D eigenvalue weighted by molar-refractivity contribution is 5.74. The SMILES string of the molecule is OCCC#Cc1ccc2c(c1)CCc1cc(O)ccc1-2. The topological polar surface area (TPSA) is 40.5 Å². The number of rotatable bonds is 1. The van der Waals surface area contributed by atoms with E-state index in [1.165, 1.54) is 22.3 Å². The maximum absolute atomic E-state index is 9.56. The van der Waals surface area contributed by atoms with Crippen LogP contribution in [0, 0.1) is 11.8 Å². The van der Waals surface area contributed by atoms with Gasteiger partial charge < -0.3 is 10.2 Å². The van der Waals surface area contributed by atoms with Crippen LogP contribution in [0.15, 0.2) is 36.4 Å². The average Bonchev–Trinajstić information content (AvgIpc) is 2.47. The zero-order valence-corrected chi connectivity index (χ0v) is 11.2. The van der Waals surface area contributed by atoms with Crippen LogP contribution in [-0.4, -0.2) is 16.8 Å². The second-order valence-corrected chi connectivity index (χ2v) is 4.99. The van der Waals surface area contributed by atoms with Gasteiger partial charge in [0, 0.05) is 12.0 Å². The lowest BCUT2D eigenvalue weighted by Crippen LogP contribution is -2.04. The minimum absolute atomic E-state index is 0.106. The third kappa shape index (κ3) is 2.41. The molecule has 0 aromatic heterocycles. The molecule has 1 aliphatic rings. The first kappa shape index (κ1) is 12.8. The molecule has 0 saturated heterocycles. The number of phenols is 1. The Hall–Kier alpha value is -2.24. The molecule has 100 valence electrons. The summed E-state index contributed by atoms with van der Waals surface area (Å²) < 4.78 is 0. The Morgan fingerprint density at radius 2 is 1.65 bits per heavy atom. The molecule has 0 fully saturated rings. The van der Waals surface area contributed by atoms with Crippen LogP contribution in [0.1, 0.15) is 23.1 Å². The van der Waals surface area contributed by atoms with Crippen LogP contribution in [-0.2, 0) is 12.8 Å². The van der Waals surface area contributed by atoms with Gasteiger partial charge in [-0.1, -0.05) is 24.0 Å². The van der Waals surface area contributed by atoms with E-state index in [0.29, 0.717) is 12.2 Å². The van der Waals surface area contributed by atoms with Gasteiger partial charge in [-0.2, -0.15) is 0 Å². The summed E-state index contributed by atoms with van der Waals surface area (Å²) in [6.45, 7) is 0.106. The fourth-order valence-electron chi connectivity index (χ4n) is 2.68. The number of hydrogen-bond acceptors (Lipinski definition) is 2. The van der Waals surface area contributed by atoms with Crippen LogP contribution in [0.2, 0.25) is 0 Å². The second kappa shape index (κ2) is 5.40. The smallest absolute Gasteiger partial charge is 0.115 e. The standard InChI is InChI=1S/C18H16O2/c19-10-2-1-3-13-4-8-17-14(11-13)5-6-15-12-16(20)7-9-18(15)17/h4,7-9,11-12,19-20H,2,5-6,10H2. The molecular formula is C18H16O2. The van der Waals surface area contributed by atoms with Crippen LogP contribution in [0.25, 0.3) is 11.1 Å². The molecular weight excluding hydrogens is 248 g/mol. The second-order valence-electron chi connectivity index (χ2n) is 4.99. The minimum atomic E-state index is 0.106. The van der Waals surface area contributed by atoms with E-state index >= 15 is 0 Å². The molecule has 0 aliphatic heterocycles. The van der Waals surface area contributed by atoms with Crippen LogP contribution in [0.5, 0.6) is 5.75 Å². The van der Waals surface area contributed by atoms with E-state index in [1.807, 2.05) is 18.2 Å². The first-order valence-corrected chi connectivity index (χ1v) is 6.83. The molecule has 0 bridgehead atoms. The number of benzene rings is 2. The van der Waals surface area contributed by atoms with Gasteiger partial charge in [-0.3, -0.25) is 0 Å². The molecule has 0 unspecified atom stereocenters. The van der Waals surface area contributed by atoms with Crippen molar-refractivity contribution < 1.29 is 10.2 Å². The van der Waals surface area contributed by atoms with Crippen molar-refractivity contribution in [2.45, 2.75) is 19.3 Å². The zero-order chi connectivity index (χ0) is 13.9. The molecule has 2 heteroatoms. The van der Waals surface area contributed by atoms with E-state index in [9.17, 15) is 5.11 Å². The molecule has 0 atom stereocenters. The van der Waals surface area contributed by atoms with Gasteiger partial charge in [0.05, 0.1) is 6.61 Å². The van der Waals surface area contributed by atoms with E-state index < -0.39 is 0 Å². The first-order chi connectivity index (χ1) is 9.78. The van der Waals surface area contributed by atoms with Crippen molar-refractivity contribution >= 4 is 0 Å². The molecule has 0 amide bonds. The lowest BCUT2D eigenvalue weighted by atomic mass is 9.85. The molecule has 2 aromatic carbocycles. The normalized spacial score (nSPS) is 12.1. The molecule has 3 rings (SSSR count). The van der Waals surface area contributed by atoms with Crippen molar-refractivity contribution in [1.82, 2.24) is 0 Å². The fraction of sp³-hybridized carbons (Fsp3) is 0.222. The number of aliphatic hydroxyl groups is 1. The summed E-state index contributed by atoms with van der Waals surface area (Å²) in [6, 6.07) is 11.8. The number of aliphatic hydroxyl groups excluding tert-OH is 1. The van der Waals surface area contributed by atoms with E-state index in [2.05, 4.69) is 24.0 Å². The van der Waals surface area contributed by atoms with Gasteiger partial charge in [0.15, 0.2) is 0 Å². The summed E-state index contributed by atoms with van der Waals surface area (Å²) in [5.41, 5.74) is 5.95. The van der Waals surface area contributed by atoms with Gasteiger partial charge in [0.25, 0.3) is 0 Å². The monoisotopic (exact) mass is 264 g/mol. The predicted octanol–water partition coefficient (Wildman–Crippen LogP) is 2.89. The van der Waals surface area contributed by atoms with Gasteiger partial charge in [0.2, 0.25) is 0 Å². The largest absolute Gasteiger partial charge is 0.508 e. The Labute approximate surface area is 118 Å². The molecule has 0 radical (unpaired) electrons. The molecule has 1 aliphatic carbocycles. The number of fused-ring (bicyclic) bond motifs is 3. The van der Waals surface area contributed by atoms with Crippen molar-refractivity contribution in [3.8, 4) is 28.7 Å². The highest BCUT2D eigenvalue weighted by atomic mass is 16.3. The van der Waals surface area contributed by atoms with Crippen LogP contribution >= 0.6 is 0 Å². The third-order valence-electron chi connectivity index (χ3n) is 3.62. The van der Waals surface area contributed by atoms with Gasteiger partial charge in [-0.25, -0.2) is 0 Å². The molecule has 0 saturated carbocycles. The molecule has 2 aromatic rings. The average molecular weight is 264 g/mol. The Morgan fingerprint density at radius 1 is 0.950 bits per heavy atom. The molecule has 0 heterocycles. The van der Waals surface area contributed by atoms with E-state index in [1.54, 1.807) is 6.07 Å². The minimum Gasteiger partial charge on any atom is -0.508 e. The van der Waals surface area contributed by atoms with E-state index in [-0.39, 0.29) is 6.61 Å². The lowest BCUT2D eigenvalue weighted by molar-refractivity contribution is 0.305. The van der Waals surface area contributed by atoms with Crippen molar-refractivity contribution in [3.05, 3.63) is 53.1 Å². The van der Waals surface area contributed by atoms with E-state index in [4.69, 9.17) is 5.11 Å². The van der Waals surface area contributed by atoms with Crippen molar-refractivity contribution in [2.24, 2.45) is 0 Å². The molecule has 0 spiro atoms. The summed E-state index contributed by atoms with van der Waals surface area (Å²) in [4.78, 5) is 0. The maximum Gasteiger partial charge on any atom is 0.115 e. The fourth-order valence-corrected chi connectivity index (χ4v) is 2.68. The summed E-state index contributed by atoms with van der Waals surface area (Å²) in [5, 5.41) is 18.3. The lowest BCUT2D eigenvalue weighted by Gasteiger charge is -2.20. The van der Waals surface area contributed by atoms with E-state index in [0.717, 1.165) is 18.4 Å². The Morgan fingerprint density at radius 3 is 2.40 bits per heavy atom. The summed E-state index contributed by atoms with van der Waals surface area (Å²) in [5.74, 6) is 6.36. The third-order valence-corrected chi connectivity index (χ3v) is 3.62. The Kier molecular flexibility index (Phi) is 3.45. The van der Waals surface area contributed by atoms with Crippen LogP contribution in [0.4, 0.5) is 0 Å². The van der Waals surface area contributed by atoms with Gasteiger partial charge in [-0.05, 0) is 59.4 Å². The Balaban J connectivity index is 1.99. The summed E-state index contributed by atoms with van der Waals surface area (Å²) >= 11 is 0. The Bertz CT molecular complexity index is 705. The molecule has 2 N–H and O–H groups in total. The summed E-state index contributed by atoms with van der Waals surface area (Å²) in [6.07, 6.45) is 2.44. The van der Waals surface area contributed by atoms with Crippen molar-refractivity contribution in [2.75, 3.05) is 6.61 Å². The predicted molar refractivity (Wildman–Crippen MR) is 79.5 cm³/mol. The molecule has 2 nitrogen and oxygen atoms in total. The highest BCUT2D eigenvalue weighted by Gasteiger charge is 2.16. The van der Waals surface area contributed by atoms with Gasteiger partial charge >= 0.3 is 0 Å². The van der Waals surface area contributed by atoms with Crippen molar-refractivity contribution in [3.63, 3.8) is 0 Å². The number of phenolic OH excluding ortho intramolecular Hbond substituents is 1. The van der Waals surface area contributed by atoms with Crippen LogP contribution in [0.3, 0.4) is 0 Å². The number of aromatic hydroxyl groups is 1. The quantitative estimate of drug-likeness (QED) is 0.778. The first-order valence-electron chi connectivity index (χ1n) is 6.83. The van der Waals surface area contributed by atoms with Crippen LogP contribution < -0.4 is 0 Å². The zero-order valence-electron chi connectivity index (χ0n) is 11.2. The van der Waals surface area contributed by atoms with Gasteiger partial charge in [0.1, 0.15) is 5.75 Å². The highest BCUT2D eigenvalue weighted by Crippen LogP contribution is 2.35. The number of hydrogen-bond donors (Lipinski definition) is 2. The summed E-state index contributed by atoms with van der Waals surface area (Å²) in [7, 11) is 0. The van der Waals surface area contributed by atoms with Gasteiger partial charge in [-0.15, -0.1) is 0 Å². The number of aryl methyl sites for hydroxylation is 2. The van der Waals surface area contributed by atoms with Crippen molar-refractivity contribution in [1.29, 1.82) is 0 Å².